The summed E-state index contributed by atoms with van der Waals surface area (Å²) in [5.41, 5.74) is -0.0393. The monoisotopic (exact) mass is 153 g/mol. The lowest BCUT2D eigenvalue weighted by Crippen LogP contribution is -2.36. The van der Waals surface area contributed by atoms with Gasteiger partial charge in [0.15, 0.2) is 0 Å². The van der Waals surface area contributed by atoms with Crippen molar-refractivity contribution in [3.05, 3.63) is 25.3 Å². The fourth-order valence-electron chi connectivity index (χ4n) is 1.06. The van der Waals surface area contributed by atoms with E-state index in [1.165, 1.54) is 0 Å². The molecule has 0 bridgehead atoms. The highest BCUT2D eigenvalue weighted by molar-refractivity contribution is 4.93. The number of epoxide rings is 1. The molecule has 0 spiro atoms. The van der Waals surface area contributed by atoms with Gasteiger partial charge >= 0.3 is 0 Å². The highest BCUT2D eigenvalue weighted by Gasteiger charge is 2.44. The molecule has 0 aromatic heterocycles. The number of ether oxygens (including phenoxy) is 1. The Morgan fingerprint density at radius 3 is 2.18 bits per heavy atom. The third-order valence-electron chi connectivity index (χ3n) is 1.93. The Bertz CT molecular complexity index is 151. The molecule has 0 aromatic carbocycles. The first kappa shape index (κ1) is 8.50. The Morgan fingerprint density at radius 2 is 1.91 bits per heavy atom. The van der Waals surface area contributed by atoms with E-state index in [2.05, 4.69) is 25.0 Å². The van der Waals surface area contributed by atoms with E-state index in [0.717, 1.165) is 19.7 Å². The standard InChI is InChI=1S/C9H15NO/c1-4-6-10(7-5-2)9(3)8-11-9/h4-5H,1-2,6-8H2,3H3. The van der Waals surface area contributed by atoms with E-state index >= 15 is 0 Å². The second-order valence-corrected chi connectivity index (χ2v) is 2.95. The summed E-state index contributed by atoms with van der Waals surface area (Å²) in [5.74, 6) is 0. The molecule has 0 amide bonds. The maximum atomic E-state index is 5.29. The lowest BCUT2D eigenvalue weighted by molar-refractivity contribution is 0.119. The maximum Gasteiger partial charge on any atom is 0.143 e. The molecule has 1 heterocycles. The molecule has 1 rings (SSSR count). The van der Waals surface area contributed by atoms with Gasteiger partial charge in [0.2, 0.25) is 0 Å². The summed E-state index contributed by atoms with van der Waals surface area (Å²) in [6.45, 7) is 12.0. The van der Waals surface area contributed by atoms with Crippen LogP contribution in [0, 0.1) is 0 Å². The molecule has 0 radical (unpaired) electrons. The van der Waals surface area contributed by atoms with E-state index in [1.807, 2.05) is 12.2 Å². The van der Waals surface area contributed by atoms with Crippen molar-refractivity contribution < 1.29 is 4.74 Å². The van der Waals surface area contributed by atoms with Gasteiger partial charge in [-0.15, -0.1) is 13.2 Å². The molecule has 1 atom stereocenters. The van der Waals surface area contributed by atoms with E-state index in [4.69, 9.17) is 4.74 Å². The molecule has 0 aliphatic carbocycles. The molecule has 1 aliphatic rings. The predicted octanol–water partition coefficient (Wildman–Crippen LogP) is 1.41. The van der Waals surface area contributed by atoms with Crippen LogP contribution in [0.25, 0.3) is 0 Å². The third-order valence-corrected chi connectivity index (χ3v) is 1.93. The number of nitrogens with zero attached hydrogens (tertiary/aromatic N) is 1. The van der Waals surface area contributed by atoms with Gasteiger partial charge in [-0.3, -0.25) is 4.90 Å². The molecule has 1 aliphatic heterocycles. The van der Waals surface area contributed by atoms with Crippen LogP contribution in [-0.2, 0) is 4.74 Å². The Labute approximate surface area is 68.1 Å². The zero-order valence-corrected chi connectivity index (χ0v) is 7.05. The van der Waals surface area contributed by atoms with Crippen LogP contribution in [-0.4, -0.2) is 30.3 Å². The van der Waals surface area contributed by atoms with Crippen LogP contribution < -0.4 is 0 Å². The second kappa shape index (κ2) is 3.20. The first-order valence-corrected chi connectivity index (χ1v) is 3.84. The van der Waals surface area contributed by atoms with Crippen molar-refractivity contribution in [1.82, 2.24) is 4.90 Å². The molecule has 11 heavy (non-hydrogen) atoms. The largest absolute Gasteiger partial charge is 0.354 e. The topological polar surface area (TPSA) is 15.8 Å². The molecule has 2 nitrogen and oxygen atoms in total. The minimum atomic E-state index is -0.0393. The quantitative estimate of drug-likeness (QED) is 0.438. The van der Waals surface area contributed by atoms with Gasteiger partial charge in [-0.2, -0.15) is 0 Å². The molecule has 0 saturated carbocycles. The molecule has 62 valence electrons. The average Bonchev–Trinajstić information content (AvgIpc) is 2.69. The molecule has 0 N–H and O–H groups in total. The predicted molar refractivity (Wildman–Crippen MR) is 46.3 cm³/mol. The second-order valence-electron chi connectivity index (χ2n) is 2.95. The van der Waals surface area contributed by atoms with Crippen molar-refractivity contribution in [2.24, 2.45) is 0 Å². The summed E-state index contributed by atoms with van der Waals surface area (Å²) in [4.78, 5) is 2.20. The molecular formula is C9H15NO. The molecule has 0 aromatic rings. The summed E-state index contributed by atoms with van der Waals surface area (Å²) in [5, 5.41) is 0. The van der Waals surface area contributed by atoms with Crippen LogP contribution in [0.15, 0.2) is 25.3 Å². The van der Waals surface area contributed by atoms with Crippen molar-refractivity contribution in [1.29, 1.82) is 0 Å². The number of hydrogen-bond donors (Lipinski definition) is 0. The van der Waals surface area contributed by atoms with Crippen LogP contribution in [0.3, 0.4) is 0 Å². The average molecular weight is 153 g/mol. The number of rotatable bonds is 5. The highest BCUT2D eigenvalue weighted by Crippen LogP contribution is 2.29. The van der Waals surface area contributed by atoms with E-state index in [-0.39, 0.29) is 5.72 Å². The summed E-state index contributed by atoms with van der Waals surface area (Å²) in [6, 6.07) is 0. The van der Waals surface area contributed by atoms with Crippen molar-refractivity contribution in [2.45, 2.75) is 12.6 Å². The third kappa shape index (κ3) is 1.91. The Kier molecular flexibility index (Phi) is 2.47. The van der Waals surface area contributed by atoms with Crippen LogP contribution >= 0.6 is 0 Å². The Hall–Kier alpha value is -0.600. The van der Waals surface area contributed by atoms with Gasteiger partial charge < -0.3 is 4.74 Å². The van der Waals surface area contributed by atoms with E-state index in [1.54, 1.807) is 0 Å². The first-order valence-electron chi connectivity index (χ1n) is 3.84. The normalized spacial score (nSPS) is 28.5. The minimum absolute atomic E-state index is 0.0393. The fourth-order valence-corrected chi connectivity index (χ4v) is 1.06. The van der Waals surface area contributed by atoms with Gasteiger partial charge in [-0.1, -0.05) is 12.2 Å². The van der Waals surface area contributed by atoms with E-state index in [9.17, 15) is 0 Å². The van der Waals surface area contributed by atoms with Crippen LogP contribution in [0.1, 0.15) is 6.92 Å². The first-order chi connectivity index (χ1) is 5.23. The van der Waals surface area contributed by atoms with Gasteiger partial charge in [0.25, 0.3) is 0 Å². The molecular weight excluding hydrogens is 138 g/mol. The molecule has 1 unspecified atom stereocenters. The van der Waals surface area contributed by atoms with Gasteiger partial charge in [-0.25, -0.2) is 0 Å². The minimum Gasteiger partial charge on any atom is -0.354 e. The fraction of sp³-hybridized carbons (Fsp3) is 0.556. The number of hydrogen-bond acceptors (Lipinski definition) is 2. The summed E-state index contributed by atoms with van der Waals surface area (Å²) in [6.07, 6.45) is 3.77. The van der Waals surface area contributed by atoms with Gasteiger partial charge in [0, 0.05) is 13.1 Å². The SMILES string of the molecule is C=CCN(CC=C)C1(C)CO1. The van der Waals surface area contributed by atoms with E-state index < -0.39 is 0 Å². The zero-order valence-electron chi connectivity index (χ0n) is 7.05. The van der Waals surface area contributed by atoms with Crippen molar-refractivity contribution >= 4 is 0 Å². The van der Waals surface area contributed by atoms with Gasteiger partial charge in [-0.05, 0) is 6.92 Å². The maximum absolute atomic E-state index is 5.29. The van der Waals surface area contributed by atoms with Gasteiger partial charge in [0.05, 0.1) is 6.61 Å². The Morgan fingerprint density at radius 1 is 1.45 bits per heavy atom. The van der Waals surface area contributed by atoms with Crippen LogP contribution in [0.2, 0.25) is 0 Å². The molecule has 1 saturated heterocycles. The van der Waals surface area contributed by atoms with Crippen LogP contribution in [0.4, 0.5) is 0 Å². The highest BCUT2D eigenvalue weighted by atomic mass is 16.6. The lowest BCUT2D eigenvalue weighted by Gasteiger charge is -2.22. The van der Waals surface area contributed by atoms with Crippen molar-refractivity contribution in [3.8, 4) is 0 Å². The summed E-state index contributed by atoms with van der Waals surface area (Å²) in [7, 11) is 0. The van der Waals surface area contributed by atoms with Crippen molar-refractivity contribution in [3.63, 3.8) is 0 Å². The smallest absolute Gasteiger partial charge is 0.143 e. The molecule has 2 heteroatoms. The van der Waals surface area contributed by atoms with Gasteiger partial charge in [0.1, 0.15) is 5.72 Å². The zero-order chi connectivity index (χ0) is 8.32. The van der Waals surface area contributed by atoms with Crippen LogP contribution in [0.5, 0.6) is 0 Å². The van der Waals surface area contributed by atoms with Crippen molar-refractivity contribution in [2.75, 3.05) is 19.7 Å². The summed E-state index contributed by atoms with van der Waals surface area (Å²) >= 11 is 0. The van der Waals surface area contributed by atoms with E-state index in [0.29, 0.717) is 0 Å². The molecule has 1 fully saturated rings. The lowest BCUT2D eigenvalue weighted by atomic mass is 10.3. The Balaban J connectivity index is 2.44. The summed E-state index contributed by atoms with van der Waals surface area (Å²) < 4.78 is 5.29.